The van der Waals surface area contributed by atoms with Crippen LogP contribution in [0.15, 0.2) is 22.9 Å². The van der Waals surface area contributed by atoms with Gasteiger partial charge < -0.3 is 10.5 Å². The second-order valence-electron chi connectivity index (χ2n) is 3.99. The molecule has 0 unspecified atom stereocenters. The maximum Gasteiger partial charge on any atom is 0.133 e. The predicted molar refractivity (Wildman–Crippen MR) is 67.0 cm³/mol. The maximum absolute atomic E-state index is 5.82. The highest BCUT2D eigenvalue weighted by Crippen LogP contribution is 2.35. The second-order valence-corrected chi connectivity index (χ2v) is 5.80. The average Bonchev–Trinajstić information content (AvgIpc) is 2.86. The zero-order chi connectivity index (χ0) is 11.0. The first-order valence-corrected chi connectivity index (χ1v) is 6.88. The van der Waals surface area contributed by atoms with Gasteiger partial charge in [0, 0.05) is 11.9 Å². The molecule has 2 N–H and O–H groups in total. The van der Waals surface area contributed by atoms with Crippen LogP contribution in [-0.2, 0) is 10.2 Å². The monoisotopic (exact) mass is 252 g/mol. The lowest BCUT2D eigenvalue weighted by molar-refractivity contribution is -0.0568. The molecule has 3 nitrogen and oxygen atoms in total. The van der Waals surface area contributed by atoms with E-state index in [1.807, 2.05) is 6.07 Å². The third-order valence-electron chi connectivity index (χ3n) is 2.93. The minimum Gasteiger partial charge on any atom is -0.379 e. The van der Waals surface area contributed by atoms with E-state index in [0.717, 1.165) is 10.7 Å². The molecule has 1 aliphatic rings. The molecule has 0 bridgehead atoms. The molecular formula is C11H12N2OS2. The average molecular weight is 252 g/mol. The number of hydrogen-bond acceptors (Lipinski definition) is 5. The van der Waals surface area contributed by atoms with Gasteiger partial charge in [-0.15, -0.1) is 22.7 Å². The van der Waals surface area contributed by atoms with Crippen LogP contribution in [0.25, 0.3) is 9.88 Å². The number of aromatic nitrogens is 1. The van der Waals surface area contributed by atoms with Gasteiger partial charge in [0.1, 0.15) is 5.01 Å². The van der Waals surface area contributed by atoms with Gasteiger partial charge in [0.15, 0.2) is 0 Å². The van der Waals surface area contributed by atoms with E-state index in [0.29, 0.717) is 19.8 Å². The summed E-state index contributed by atoms with van der Waals surface area (Å²) in [6, 6.07) is 4.14. The van der Waals surface area contributed by atoms with E-state index >= 15 is 0 Å². The molecule has 0 spiro atoms. The Bertz CT molecular complexity index is 468. The van der Waals surface area contributed by atoms with Crippen molar-refractivity contribution in [2.45, 2.75) is 5.41 Å². The van der Waals surface area contributed by atoms with Crippen LogP contribution < -0.4 is 5.73 Å². The van der Waals surface area contributed by atoms with Crippen molar-refractivity contribution in [3.63, 3.8) is 0 Å². The smallest absolute Gasteiger partial charge is 0.133 e. The van der Waals surface area contributed by atoms with E-state index in [1.54, 1.807) is 22.7 Å². The molecule has 0 amide bonds. The molecule has 0 aromatic carbocycles. The van der Waals surface area contributed by atoms with Crippen LogP contribution >= 0.6 is 22.7 Å². The van der Waals surface area contributed by atoms with Gasteiger partial charge >= 0.3 is 0 Å². The zero-order valence-electron chi connectivity index (χ0n) is 8.68. The van der Waals surface area contributed by atoms with Crippen molar-refractivity contribution < 1.29 is 4.74 Å². The number of thiophene rings is 1. The fraction of sp³-hybridized carbons (Fsp3) is 0.364. The molecule has 0 aliphatic carbocycles. The Balaban J connectivity index is 1.93. The molecule has 0 saturated carbocycles. The summed E-state index contributed by atoms with van der Waals surface area (Å²) in [5.74, 6) is 0. The molecule has 3 heterocycles. The SMILES string of the molecule is NCC1(c2csc(-c3cccs3)n2)COC1. The summed E-state index contributed by atoms with van der Waals surface area (Å²) < 4.78 is 5.27. The van der Waals surface area contributed by atoms with E-state index < -0.39 is 0 Å². The molecule has 1 saturated heterocycles. The minimum absolute atomic E-state index is 0.0218. The first-order valence-electron chi connectivity index (χ1n) is 5.12. The summed E-state index contributed by atoms with van der Waals surface area (Å²) in [4.78, 5) is 5.91. The van der Waals surface area contributed by atoms with Crippen LogP contribution in [0.4, 0.5) is 0 Å². The standard InChI is InChI=1S/C11H12N2OS2/c12-5-11(6-14-7-11)9-4-16-10(13-9)8-2-1-3-15-8/h1-4H,5-7,12H2. The maximum atomic E-state index is 5.82. The Labute approximate surface area is 102 Å². The molecule has 0 radical (unpaired) electrons. The molecule has 16 heavy (non-hydrogen) atoms. The van der Waals surface area contributed by atoms with Crippen LogP contribution in [0.5, 0.6) is 0 Å². The summed E-state index contributed by atoms with van der Waals surface area (Å²) >= 11 is 3.41. The minimum atomic E-state index is -0.0218. The molecule has 5 heteroatoms. The zero-order valence-corrected chi connectivity index (χ0v) is 10.3. The Morgan fingerprint density at radius 1 is 1.44 bits per heavy atom. The highest BCUT2D eigenvalue weighted by molar-refractivity contribution is 7.20. The lowest BCUT2D eigenvalue weighted by Crippen LogP contribution is -2.52. The first kappa shape index (κ1) is 10.4. The molecule has 3 rings (SSSR count). The van der Waals surface area contributed by atoms with Gasteiger partial charge in [-0.3, -0.25) is 0 Å². The molecular weight excluding hydrogens is 240 g/mol. The number of nitrogens with zero attached hydrogens (tertiary/aromatic N) is 1. The third kappa shape index (κ3) is 1.51. The van der Waals surface area contributed by atoms with Gasteiger partial charge in [-0.2, -0.15) is 0 Å². The first-order chi connectivity index (χ1) is 7.84. The van der Waals surface area contributed by atoms with Crippen molar-refractivity contribution in [3.8, 4) is 9.88 Å². The van der Waals surface area contributed by atoms with Gasteiger partial charge in [-0.25, -0.2) is 4.98 Å². The van der Waals surface area contributed by atoms with Crippen molar-refractivity contribution >= 4 is 22.7 Å². The Morgan fingerprint density at radius 3 is 2.88 bits per heavy atom. The van der Waals surface area contributed by atoms with Crippen LogP contribution in [0.1, 0.15) is 5.69 Å². The summed E-state index contributed by atoms with van der Waals surface area (Å²) in [5.41, 5.74) is 6.89. The van der Waals surface area contributed by atoms with Gasteiger partial charge in [0.25, 0.3) is 0 Å². The number of ether oxygens (including phenoxy) is 1. The molecule has 2 aromatic heterocycles. The fourth-order valence-electron chi connectivity index (χ4n) is 1.75. The van der Waals surface area contributed by atoms with Crippen molar-refractivity contribution in [2.75, 3.05) is 19.8 Å². The van der Waals surface area contributed by atoms with E-state index in [4.69, 9.17) is 10.5 Å². The second kappa shape index (κ2) is 3.92. The van der Waals surface area contributed by atoms with Crippen LogP contribution in [0, 0.1) is 0 Å². The Morgan fingerprint density at radius 2 is 2.31 bits per heavy atom. The van der Waals surface area contributed by atoms with Gasteiger partial charge in [0.05, 0.1) is 29.2 Å². The predicted octanol–water partition coefficient (Wildman–Crippen LogP) is 2.10. The lowest BCUT2D eigenvalue weighted by Gasteiger charge is -2.39. The number of rotatable bonds is 3. The summed E-state index contributed by atoms with van der Waals surface area (Å²) in [7, 11) is 0. The lowest BCUT2D eigenvalue weighted by atomic mass is 9.83. The molecule has 1 aliphatic heterocycles. The number of nitrogens with two attached hydrogens (primary N) is 1. The van der Waals surface area contributed by atoms with Crippen LogP contribution in [0.3, 0.4) is 0 Å². The molecule has 84 valence electrons. The Kier molecular flexibility index (Phi) is 2.55. The van der Waals surface area contributed by atoms with Crippen molar-refractivity contribution in [3.05, 3.63) is 28.6 Å². The number of thiazole rings is 1. The van der Waals surface area contributed by atoms with Gasteiger partial charge in [-0.1, -0.05) is 6.07 Å². The van der Waals surface area contributed by atoms with Crippen molar-refractivity contribution in [1.82, 2.24) is 4.98 Å². The van der Waals surface area contributed by atoms with E-state index in [2.05, 4.69) is 21.8 Å². The highest BCUT2D eigenvalue weighted by Gasteiger charge is 2.41. The van der Waals surface area contributed by atoms with E-state index in [9.17, 15) is 0 Å². The van der Waals surface area contributed by atoms with E-state index in [-0.39, 0.29) is 5.41 Å². The molecule has 2 aromatic rings. The van der Waals surface area contributed by atoms with Gasteiger partial charge in [-0.05, 0) is 11.4 Å². The largest absolute Gasteiger partial charge is 0.379 e. The quantitative estimate of drug-likeness (QED) is 0.910. The molecule has 0 atom stereocenters. The van der Waals surface area contributed by atoms with Crippen LogP contribution in [0.2, 0.25) is 0 Å². The third-order valence-corrected chi connectivity index (χ3v) is 4.81. The van der Waals surface area contributed by atoms with Crippen LogP contribution in [-0.4, -0.2) is 24.7 Å². The van der Waals surface area contributed by atoms with Gasteiger partial charge in [0.2, 0.25) is 0 Å². The topological polar surface area (TPSA) is 48.1 Å². The molecule has 1 fully saturated rings. The van der Waals surface area contributed by atoms with Crippen molar-refractivity contribution in [1.29, 1.82) is 0 Å². The fourth-order valence-corrected chi connectivity index (χ4v) is 3.51. The Hall–Kier alpha value is -0.750. The summed E-state index contributed by atoms with van der Waals surface area (Å²) in [6.07, 6.45) is 0. The summed E-state index contributed by atoms with van der Waals surface area (Å²) in [6.45, 7) is 2.02. The highest BCUT2D eigenvalue weighted by atomic mass is 32.1. The number of hydrogen-bond donors (Lipinski definition) is 1. The van der Waals surface area contributed by atoms with E-state index in [1.165, 1.54) is 4.88 Å². The normalized spacial score (nSPS) is 18.3. The summed E-state index contributed by atoms with van der Waals surface area (Å²) in [5, 5.41) is 5.27. The van der Waals surface area contributed by atoms with Crippen molar-refractivity contribution in [2.24, 2.45) is 5.73 Å².